The molecule has 0 aliphatic heterocycles. The average molecular weight is 487 g/mol. The standard InChI is InChI=1S/C20H26N2O6S3/c1-20(2,3)28-19(25)16(12-30-29-11-15(21)18(23)24)22-31(26,27)17-10-6-8-13-7-4-5-9-14(13)17/h4-10,15-16,22H,11-12,21H2,1-3H3,(H,23,24)/t15-,16-/m0/s1. The molecule has 8 nitrogen and oxygen atoms in total. The van der Waals surface area contributed by atoms with Crippen molar-refractivity contribution in [1.29, 1.82) is 0 Å². The van der Waals surface area contributed by atoms with Gasteiger partial charge in [-0.1, -0.05) is 58.0 Å². The van der Waals surface area contributed by atoms with Crippen molar-refractivity contribution in [1.82, 2.24) is 4.72 Å². The fourth-order valence-electron chi connectivity index (χ4n) is 2.51. The lowest BCUT2D eigenvalue weighted by Crippen LogP contribution is -2.45. The topological polar surface area (TPSA) is 136 Å². The zero-order valence-electron chi connectivity index (χ0n) is 17.4. The lowest BCUT2D eigenvalue weighted by Gasteiger charge is -2.24. The number of benzene rings is 2. The molecule has 2 rings (SSSR count). The van der Waals surface area contributed by atoms with Crippen LogP contribution in [0.1, 0.15) is 20.8 Å². The molecule has 0 spiro atoms. The number of carbonyl (C=O) groups is 2. The maximum absolute atomic E-state index is 13.1. The Hall–Kier alpha value is -1.79. The van der Waals surface area contributed by atoms with Crippen molar-refractivity contribution < 1.29 is 27.9 Å². The fourth-order valence-corrected chi connectivity index (χ4v) is 6.30. The first-order valence-corrected chi connectivity index (χ1v) is 13.3. The second-order valence-corrected chi connectivity index (χ2v) is 11.9. The lowest BCUT2D eigenvalue weighted by atomic mass is 10.1. The van der Waals surface area contributed by atoms with Crippen LogP contribution in [0.5, 0.6) is 0 Å². The highest BCUT2D eigenvalue weighted by atomic mass is 33.1. The normalized spacial score (nSPS) is 14.2. The van der Waals surface area contributed by atoms with E-state index >= 15 is 0 Å². The first-order chi connectivity index (χ1) is 14.4. The van der Waals surface area contributed by atoms with Gasteiger partial charge in [0.15, 0.2) is 0 Å². The van der Waals surface area contributed by atoms with Crippen molar-refractivity contribution in [2.45, 2.75) is 43.4 Å². The van der Waals surface area contributed by atoms with E-state index in [1.807, 2.05) is 6.07 Å². The summed E-state index contributed by atoms with van der Waals surface area (Å²) in [6.45, 7) is 5.07. The summed E-state index contributed by atoms with van der Waals surface area (Å²) in [5.41, 5.74) is 4.67. The van der Waals surface area contributed by atoms with Gasteiger partial charge in [-0.05, 0) is 32.2 Å². The molecule has 2 aromatic carbocycles. The van der Waals surface area contributed by atoms with E-state index in [1.54, 1.807) is 51.1 Å². The Labute approximate surface area is 189 Å². The highest BCUT2D eigenvalue weighted by Crippen LogP contribution is 2.26. The smallest absolute Gasteiger partial charge is 0.325 e. The first kappa shape index (κ1) is 25.5. The predicted octanol–water partition coefficient (Wildman–Crippen LogP) is 2.62. The van der Waals surface area contributed by atoms with E-state index in [0.29, 0.717) is 5.39 Å². The first-order valence-electron chi connectivity index (χ1n) is 9.36. The molecule has 0 fully saturated rings. The number of carboxylic acids is 1. The van der Waals surface area contributed by atoms with Crippen molar-refractivity contribution in [2.75, 3.05) is 11.5 Å². The van der Waals surface area contributed by atoms with Gasteiger partial charge in [-0.15, -0.1) is 0 Å². The fraction of sp³-hybridized carbons (Fsp3) is 0.400. The SMILES string of the molecule is CC(C)(C)OC(=O)[C@H](CSSC[C@H](N)C(=O)O)NS(=O)(=O)c1cccc2ccccc12. The molecule has 11 heteroatoms. The summed E-state index contributed by atoms with van der Waals surface area (Å²) in [6, 6.07) is 9.75. The summed E-state index contributed by atoms with van der Waals surface area (Å²) < 4.78 is 34.1. The Morgan fingerprint density at radius 2 is 1.71 bits per heavy atom. The number of nitrogens with one attached hydrogen (secondary N) is 1. The second-order valence-electron chi connectivity index (χ2n) is 7.70. The zero-order chi connectivity index (χ0) is 23.2. The number of esters is 1. The van der Waals surface area contributed by atoms with E-state index in [9.17, 15) is 18.0 Å². The molecular formula is C20H26N2O6S3. The molecule has 4 N–H and O–H groups in total. The molecule has 2 aromatic rings. The van der Waals surface area contributed by atoms with E-state index in [0.717, 1.165) is 27.0 Å². The Bertz CT molecular complexity index is 1030. The number of ether oxygens (including phenoxy) is 1. The molecule has 0 aliphatic carbocycles. The third-order valence-electron chi connectivity index (χ3n) is 3.91. The molecule has 0 amide bonds. The van der Waals surface area contributed by atoms with Crippen LogP contribution in [0.2, 0.25) is 0 Å². The Morgan fingerprint density at radius 3 is 2.35 bits per heavy atom. The summed E-state index contributed by atoms with van der Waals surface area (Å²) in [6.07, 6.45) is 0. The van der Waals surface area contributed by atoms with Gasteiger partial charge >= 0.3 is 11.9 Å². The number of carboxylic acid groups (broad SMARTS) is 1. The predicted molar refractivity (Wildman–Crippen MR) is 124 cm³/mol. The van der Waals surface area contributed by atoms with Crippen LogP contribution in [-0.2, 0) is 24.3 Å². The van der Waals surface area contributed by atoms with Crippen LogP contribution in [0.25, 0.3) is 10.8 Å². The quantitative estimate of drug-likeness (QED) is 0.263. The minimum absolute atomic E-state index is 0.0376. The Kier molecular flexibility index (Phi) is 8.78. The summed E-state index contributed by atoms with van der Waals surface area (Å²) in [5, 5.41) is 10.2. The Balaban J connectivity index is 2.22. The molecular weight excluding hydrogens is 460 g/mol. The summed E-state index contributed by atoms with van der Waals surface area (Å²) in [4.78, 5) is 23.6. The molecule has 0 radical (unpaired) electrons. The van der Waals surface area contributed by atoms with Gasteiger partial charge in [0.1, 0.15) is 17.7 Å². The van der Waals surface area contributed by atoms with Gasteiger partial charge in [-0.2, -0.15) is 4.72 Å². The number of hydrogen-bond acceptors (Lipinski definition) is 8. The molecule has 0 unspecified atom stereocenters. The average Bonchev–Trinajstić information content (AvgIpc) is 2.68. The van der Waals surface area contributed by atoms with Gasteiger partial charge in [0.2, 0.25) is 10.0 Å². The number of sulfonamides is 1. The van der Waals surface area contributed by atoms with Crippen LogP contribution >= 0.6 is 21.6 Å². The van der Waals surface area contributed by atoms with Crippen LogP contribution in [-0.4, -0.2) is 54.7 Å². The number of hydrogen-bond donors (Lipinski definition) is 3. The zero-order valence-corrected chi connectivity index (χ0v) is 19.9. The molecule has 0 saturated carbocycles. The highest BCUT2D eigenvalue weighted by Gasteiger charge is 2.31. The second kappa shape index (κ2) is 10.7. The van der Waals surface area contributed by atoms with Crippen LogP contribution in [0, 0.1) is 0 Å². The number of carbonyl (C=O) groups excluding carboxylic acids is 1. The molecule has 2 atom stereocenters. The number of rotatable bonds is 10. The van der Waals surface area contributed by atoms with E-state index in [4.69, 9.17) is 15.6 Å². The van der Waals surface area contributed by atoms with E-state index < -0.39 is 39.6 Å². The summed E-state index contributed by atoms with van der Waals surface area (Å²) in [5.74, 6) is -1.70. The number of nitrogens with two attached hydrogens (primary N) is 1. The molecule has 0 aliphatic rings. The lowest BCUT2D eigenvalue weighted by molar-refractivity contribution is -0.156. The highest BCUT2D eigenvalue weighted by molar-refractivity contribution is 8.76. The third kappa shape index (κ3) is 7.69. The molecule has 0 aromatic heterocycles. The van der Waals surface area contributed by atoms with Gasteiger partial charge in [0, 0.05) is 16.9 Å². The largest absolute Gasteiger partial charge is 0.480 e. The van der Waals surface area contributed by atoms with Gasteiger partial charge in [-0.3, -0.25) is 9.59 Å². The maximum Gasteiger partial charge on any atom is 0.325 e. The van der Waals surface area contributed by atoms with Gasteiger partial charge in [0.05, 0.1) is 4.90 Å². The van der Waals surface area contributed by atoms with Crippen molar-refractivity contribution in [3.63, 3.8) is 0 Å². The number of aliphatic carboxylic acids is 1. The van der Waals surface area contributed by atoms with Gasteiger partial charge in [-0.25, -0.2) is 8.42 Å². The van der Waals surface area contributed by atoms with E-state index in [2.05, 4.69) is 4.72 Å². The molecule has 0 bridgehead atoms. The molecule has 170 valence electrons. The molecule has 0 heterocycles. The minimum Gasteiger partial charge on any atom is -0.480 e. The van der Waals surface area contributed by atoms with Crippen LogP contribution in [0.4, 0.5) is 0 Å². The van der Waals surface area contributed by atoms with Gasteiger partial charge in [0.25, 0.3) is 0 Å². The summed E-state index contributed by atoms with van der Waals surface area (Å²) >= 11 is 0. The van der Waals surface area contributed by atoms with Crippen molar-refractivity contribution in [3.8, 4) is 0 Å². The minimum atomic E-state index is -4.05. The van der Waals surface area contributed by atoms with Crippen molar-refractivity contribution in [2.24, 2.45) is 5.73 Å². The third-order valence-corrected chi connectivity index (χ3v) is 7.89. The van der Waals surface area contributed by atoms with Crippen LogP contribution in [0.3, 0.4) is 0 Å². The monoisotopic (exact) mass is 486 g/mol. The molecule has 31 heavy (non-hydrogen) atoms. The summed E-state index contributed by atoms with van der Waals surface area (Å²) in [7, 11) is -1.75. The van der Waals surface area contributed by atoms with E-state index in [1.165, 1.54) is 6.07 Å². The van der Waals surface area contributed by atoms with Crippen LogP contribution < -0.4 is 10.5 Å². The van der Waals surface area contributed by atoms with Gasteiger partial charge < -0.3 is 15.6 Å². The van der Waals surface area contributed by atoms with E-state index in [-0.39, 0.29) is 16.4 Å². The Morgan fingerprint density at radius 1 is 1.10 bits per heavy atom. The maximum atomic E-state index is 13.1. The molecule has 0 saturated heterocycles. The van der Waals surface area contributed by atoms with Crippen LogP contribution in [0.15, 0.2) is 47.4 Å². The van der Waals surface area contributed by atoms with Crippen molar-refractivity contribution in [3.05, 3.63) is 42.5 Å². The van der Waals surface area contributed by atoms with Crippen molar-refractivity contribution >= 4 is 54.3 Å². The number of fused-ring (bicyclic) bond motifs is 1.